The highest BCUT2D eigenvalue weighted by Crippen LogP contribution is 2.26. The lowest BCUT2D eigenvalue weighted by atomic mass is 9.90. The van der Waals surface area contributed by atoms with Gasteiger partial charge in [0.05, 0.1) is 6.61 Å². The van der Waals surface area contributed by atoms with Crippen LogP contribution in [0.3, 0.4) is 0 Å². The summed E-state index contributed by atoms with van der Waals surface area (Å²) < 4.78 is 5.88. The van der Waals surface area contributed by atoms with Gasteiger partial charge in [-0.25, -0.2) is 0 Å². The van der Waals surface area contributed by atoms with Gasteiger partial charge in [-0.2, -0.15) is 0 Å². The molecule has 0 saturated heterocycles. The van der Waals surface area contributed by atoms with Crippen LogP contribution in [0.1, 0.15) is 42.6 Å². The van der Waals surface area contributed by atoms with E-state index in [1.54, 1.807) is 0 Å². The number of ketones is 1. The van der Waals surface area contributed by atoms with Crippen molar-refractivity contribution in [1.82, 2.24) is 0 Å². The number of alkyl halides is 1. The van der Waals surface area contributed by atoms with Crippen LogP contribution in [-0.2, 0) is 6.42 Å². The smallest absolute Gasteiger partial charge is 0.163 e. The molecule has 0 fully saturated rings. The van der Waals surface area contributed by atoms with Crippen LogP contribution in [-0.4, -0.2) is 17.7 Å². The van der Waals surface area contributed by atoms with E-state index in [2.05, 4.69) is 29.8 Å². The van der Waals surface area contributed by atoms with Crippen molar-refractivity contribution >= 4 is 21.7 Å². The summed E-state index contributed by atoms with van der Waals surface area (Å²) in [5.41, 5.74) is 2.04. The lowest BCUT2D eigenvalue weighted by molar-refractivity contribution is 0.0972. The predicted molar refractivity (Wildman–Crippen MR) is 81.3 cm³/mol. The van der Waals surface area contributed by atoms with Crippen LogP contribution in [0.5, 0.6) is 5.75 Å². The van der Waals surface area contributed by atoms with E-state index in [0.29, 0.717) is 18.3 Å². The molecule has 2 rings (SSSR count). The fraction of sp³-hybridized carbons (Fsp3) is 0.562. The van der Waals surface area contributed by atoms with Crippen LogP contribution >= 0.6 is 15.9 Å². The molecular formula is C16H21BrO2. The molecule has 3 heteroatoms. The van der Waals surface area contributed by atoms with E-state index in [-0.39, 0.29) is 5.78 Å². The minimum absolute atomic E-state index is 0.272. The number of hydrogen-bond acceptors (Lipinski definition) is 2. The Morgan fingerprint density at radius 2 is 2.11 bits per heavy atom. The van der Waals surface area contributed by atoms with Crippen LogP contribution in [0.2, 0.25) is 0 Å². The van der Waals surface area contributed by atoms with Crippen LogP contribution in [0.25, 0.3) is 0 Å². The number of Topliss-reactive ketones (excluding diaryl/α,β-unsaturated/α-hetero) is 1. The topological polar surface area (TPSA) is 26.3 Å². The van der Waals surface area contributed by atoms with Crippen molar-refractivity contribution in [3.05, 3.63) is 29.3 Å². The van der Waals surface area contributed by atoms with Crippen molar-refractivity contribution in [2.24, 2.45) is 11.8 Å². The van der Waals surface area contributed by atoms with Gasteiger partial charge < -0.3 is 4.74 Å². The Kier molecular flexibility index (Phi) is 5.03. The second kappa shape index (κ2) is 6.56. The second-order valence-corrected chi connectivity index (χ2v) is 6.21. The van der Waals surface area contributed by atoms with Crippen LogP contribution in [0.4, 0.5) is 0 Å². The molecule has 1 unspecified atom stereocenters. The molecule has 1 aromatic rings. The first-order valence-corrected chi connectivity index (χ1v) is 8.09. The molecule has 1 atom stereocenters. The quantitative estimate of drug-likeness (QED) is 0.757. The number of benzene rings is 1. The third kappa shape index (κ3) is 3.59. The number of rotatable bonds is 5. The fourth-order valence-electron chi connectivity index (χ4n) is 2.33. The van der Waals surface area contributed by atoms with E-state index in [1.165, 1.54) is 0 Å². The maximum atomic E-state index is 11.8. The van der Waals surface area contributed by atoms with E-state index in [0.717, 1.165) is 41.7 Å². The number of carbonyl (C=O) groups excluding carboxylic acids is 1. The highest BCUT2D eigenvalue weighted by atomic mass is 79.9. The van der Waals surface area contributed by atoms with Crippen LogP contribution < -0.4 is 4.74 Å². The summed E-state index contributed by atoms with van der Waals surface area (Å²) in [6.07, 6.45) is 2.64. The zero-order valence-corrected chi connectivity index (χ0v) is 13.2. The SMILES string of the molecule is CC(C)C(CBr)COc1ccc2c(c1)CCCC2=O. The standard InChI is InChI=1S/C16H21BrO2/c1-11(2)13(9-17)10-19-14-6-7-15-12(8-14)4-3-5-16(15)18/h6-8,11,13H,3-5,9-10H2,1-2H3. The molecule has 0 bridgehead atoms. The molecule has 1 aliphatic rings. The van der Waals surface area contributed by atoms with Gasteiger partial charge in [0, 0.05) is 23.2 Å². The lowest BCUT2D eigenvalue weighted by Crippen LogP contribution is -2.19. The maximum absolute atomic E-state index is 11.8. The average molecular weight is 325 g/mol. The number of hydrogen-bond donors (Lipinski definition) is 0. The molecule has 104 valence electrons. The molecule has 0 aromatic heterocycles. The van der Waals surface area contributed by atoms with E-state index < -0.39 is 0 Å². The Labute approximate surface area is 123 Å². The maximum Gasteiger partial charge on any atom is 0.163 e. The third-order valence-electron chi connectivity index (χ3n) is 3.83. The summed E-state index contributed by atoms with van der Waals surface area (Å²) in [4.78, 5) is 11.8. The highest BCUT2D eigenvalue weighted by Gasteiger charge is 2.18. The van der Waals surface area contributed by atoms with E-state index in [9.17, 15) is 4.79 Å². The van der Waals surface area contributed by atoms with Gasteiger partial charge in [-0.3, -0.25) is 4.79 Å². The van der Waals surface area contributed by atoms with Crippen molar-refractivity contribution in [3.63, 3.8) is 0 Å². The largest absolute Gasteiger partial charge is 0.493 e. The van der Waals surface area contributed by atoms with Crippen LogP contribution in [0.15, 0.2) is 18.2 Å². The zero-order chi connectivity index (χ0) is 13.8. The number of aryl methyl sites for hydroxylation is 1. The highest BCUT2D eigenvalue weighted by molar-refractivity contribution is 9.09. The molecule has 0 amide bonds. The average Bonchev–Trinajstić information content (AvgIpc) is 2.39. The molecule has 2 nitrogen and oxygen atoms in total. The van der Waals surface area contributed by atoms with Crippen molar-refractivity contribution < 1.29 is 9.53 Å². The summed E-state index contributed by atoms with van der Waals surface area (Å²) in [5.74, 6) is 2.27. The lowest BCUT2D eigenvalue weighted by Gasteiger charge is -2.20. The van der Waals surface area contributed by atoms with E-state index in [1.807, 2.05) is 18.2 Å². The first-order valence-electron chi connectivity index (χ1n) is 6.96. The van der Waals surface area contributed by atoms with Gasteiger partial charge in [0.15, 0.2) is 5.78 Å². The minimum atomic E-state index is 0.272. The van der Waals surface area contributed by atoms with Gasteiger partial charge in [-0.15, -0.1) is 0 Å². The molecular weight excluding hydrogens is 304 g/mol. The van der Waals surface area contributed by atoms with Crippen molar-refractivity contribution in [1.29, 1.82) is 0 Å². The summed E-state index contributed by atoms with van der Waals surface area (Å²) >= 11 is 3.53. The van der Waals surface area contributed by atoms with Gasteiger partial charge in [-0.1, -0.05) is 29.8 Å². The Hall–Kier alpha value is -0.830. The first-order chi connectivity index (χ1) is 9.11. The molecule has 0 aliphatic heterocycles. The van der Waals surface area contributed by atoms with Gasteiger partial charge in [-0.05, 0) is 42.5 Å². The molecule has 0 heterocycles. The van der Waals surface area contributed by atoms with Crippen molar-refractivity contribution in [2.45, 2.75) is 33.1 Å². The van der Waals surface area contributed by atoms with Gasteiger partial charge >= 0.3 is 0 Å². The van der Waals surface area contributed by atoms with Crippen LogP contribution in [0, 0.1) is 11.8 Å². The molecule has 0 saturated carbocycles. The van der Waals surface area contributed by atoms with E-state index in [4.69, 9.17) is 4.74 Å². The number of halogens is 1. The monoisotopic (exact) mass is 324 g/mol. The Balaban J connectivity index is 2.04. The summed E-state index contributed by atoms with van der Waals surface area (Å²) in [5, 5.41) is 0.952. The van der Waals surface area contributed by atoms with E-state index >= 15 is 0 Å². The molecule has 1 aromatic carbocycles. The van der Waals surface area contributed by atoms with Gasteiger partial charge in [0.25, 0.3) is 0 Å². The molecule has 0 N–H and O–H groups in total. The second-order valence-electron chi connectivity index (χ2n) is 5.57. The summed E-state index contributed by atoms with van der Waals surface area (Å²) in [7, 11) is 0. The Morgan fingerprint density at radius 1 is 1.32 bits per heavy atom. The number of carbonyl (C=O) groups is 1. The third-order valence-corrected chi connectivity index (χ3v) is 4.66. The van der Waals surface area contributed by atoms with Crippen molar-refractivity contribution in [3.8, 4) is 5.75 Å². The summed E-state index contributed by atoms with van der Waals surface area (Å²) in [6, 6.07) is 5.89. The fourth-order valence-corrected chi connectivity index (χ4v) is 3.27. The Bertz CT molecular complexity index is 454. The minimum Gasteiger partial charge on any atom is -0.493 e. The molecule has 0 spiro atoms. The number of ether oxygens (including phenoxy) is 1. The number of fused-ring (bicyclic) bond motifs is 1. The summed E-state index contributed by atoms with van der Waals surface area (Å²) in [6.45, 7) is 5.14. The predicted octanol–water partition coefficient (Wildman–Crippen LogP) is 4.25. The zero-order valence-electron chi connectivity index (χ0n) is 11.6. The Morgan fingerprint density at radius 3 is 2.79 bits per heavy atom. The normalized spacial score (nSPS) is 16.3. The molecule has 19 heavy (non-hydrogen) atoms. The van der Waals surface area contributed by atoms with Crippen molar-refractivity contribution in [2.75, 3.05) is 11.9 Å². The van der Waals surface area contributed by atoms with Gasteiger partial charge in [0.2, 0.25) is 0 Å². The first kappa shape index (κ1) is 14.6. The molecule has 1 aliphatic carbocycles. The molecule has 0 radical (unpaired) electrons. The van der Waals surface area contributed by atoms with Gasteiger partial charge in [0.1, 0.15) is 5.75 Å².